The van der Waals surface area contributed by atoms with Crippen molar-refractivity contribution >= 4 is 28.9 Å². The van der Waals surface area contributed by atoms with E-state index in [-0.39, 0.29) is 0 Å². The van der Waals surface area contributed by atoms with E-state index in [1.165, 1.54) is 28.7 Å². The number of nitriles is 1. The van der Waals surface area contributed by atoms with Crippen LogP contribution in [0.25, 0.3) is 0 Å². The fourth-order valence-electron chi connectivity index (χ4n) is 3.00. The molecular weight excluding hydrogens is 348 g/mol. The van der Waals surface area contributed by atoms with Gasteiger partial charge < -0.3 is 10.1 Å². The van der Waals surface area contributed by atoms with E-state index in [1.807, 2.05) is 12.1 Å². The SMILES string of the molecule is C[C@H]1CCc2sc(C(=O)O[C@H](C)C(=O)Nc3ccccc3C#N)cc2C1. The first kappa shape index (κ1) is 18.2. The molecule has 1 aromatic carbocycles. The van der Waals surface area contributed by atoms with Crippen molar-refractivity contribution in [1.82, 2.24) is 0 Å². The second-order valence-corrected chi connectivity index (χ2v) is 7.74. The normalized spacial score (nSPS) is 16.9. The Balaban J connectivity index is 1.64. The van der Waals surface area contributed by atoms with Crippen LogP contribution in [-0.2, 0) is 22.4 Å². The number of aryl methyl sites for hydroxylation is 1. The Morgan fingerprint density at radius 1 is 1.38 bits per heavy atom. The van der Waals surface area contributed by atoms with E-state index in [1.54, 1.807) is 24.3 Å². The van der Waals surface area contributed by atoms with Crippen molar-refractivity contribution in [1.29, 1.82) is 5.26 Å². The van der Waals surface area contributed by atoms with Gasteiger partial charge in [0.1, 0.15) is 10.9 Å². The minimum Gasteiger partial charge on any atom is -0.448 e. The van der Waals surface area contributed by atoms with Crippen LogP contribution in [-0.4, -0.2) is 18.0 Å². The number of anilines is 1. The van der Waals surface area contributed by atoms with Gasteiger partial charge in [0, 0.05) is 4.88 Å². The summed E-state index contributed by atoms with van der Waals surface area (Å²) >= 11 is 1.46. The van der Waals surface area contributed by atoms with Crippen molar-refractivity contribution in [3.05, 3.63) is 51.2 Å². The molecule has 0 radical (unpaired) electrons. The van der Waals surface area contributed by atoms with Gasteiger partial charge in [-0.2, -0.15) is 5.26 Å². The molecule has 0 bridgehead atoms. The Labute approximate surface area is 156 Å². The highest BCUT2D eigenvalue weighted by Gasteiger charge is 2.24. The third-order valence-electron chi connectivity index (χ3n) is 4.49. The predicted octanol–water partition coefficient (Wildman–Crippen LogP) is 3.93. The molecular formula is C20H20N2O3S. The number of fused-ring (bicyclic) bond motifs is 1. The molecule has 1 aliphatic rings. The number of benzene rings is 1. The van der Waals surface area contributed by atoms with Gasteiger partial charge in [-0.05, 0) is 55.9 Å². The van der Waals surface area contributed by atoms with E-state index in [2.05, 4.69) is 12.2 Å². The third-order valence-corrected chi connectivity index (χ3v) is 5.71. The Morgan fingerprint density at radius 3 is 2.92 bits per heavy atom. The standard InChI is InChI=1S/C20H20N2O3S/c1-12-7-8-17-15(9-12)10-18(26-17)20(24)25-13(2)19(23)22-16-6-4-3-5-14(16)11-21/h3-6,10,12-13H,7-9H2,1-2H3,(H,22,23)/t12-,13+/m0/s1. The predicted molar refractivity (Wildman–Crippen MR) is 100 cm³/mol. The summed E-state index contributed by atoms with van der Waals surface area (Å²) in [6.45, 7) is 3.74. The highest BCUT2D eigenvalue weighted by atomic mass is 32.1. The number of esters is 1. The van der Waals surface area contributed by atoms with E-state index in [4.69, 9.17) is 10.00 Å². The summed E-state index contributed by atoms with van der Waals surface area (Å²) in [5, 5.41) is 11.7. The first-order valence-electron chi connectivity index (χ1n) is 8.60. The Bertz CT molecular complexity index is 881. The number of carbonyl (C=O) groups is 2. The Morgan fingerprint density at radius 2 is 2.15 bits per heavy atom. The van der Waals surface area contributed by atoms with Crippen molar-refractivity contribution in [3.63, 3.8) is 0 Å². The molecule has 2 atom stereocenters. The molecule has 1 amide bonds. The molecule has 1 N–H and O–H groups in total. The maximum atomic E-state index is 12.4. The highest BCUT2D eigenvalue weighted by molar-refractivity contribution is 7.14. The van der Waals surface area contributed by atoms with Gasteiger partial charge in [0.2, 0.25) is 0 Å². The number of nitrogens with one attached hydrogen (secondary N) is 1. The highest BCUT2D eigenvalue weighted by Crippen LogP contribution is 2.32. The lowest BCUT2D eigenvalue weighted by Gasteiger charge is -2.16. The summed E-state index contributed by atoms with van der Waals surface area (Å²) in [4.78, 5) is 26.5. The van der Waals surface area contributed by atoms with Gasteiger partial charge in [-0.25, -0.2) is 4.79 Å². The maximum absolute atomic E-state index is 12.4. The summed E-state index contributed by atoms with van der Waals surface area (Å²) in [5.41, 5.74) is 1.99. The summed E-state index contributed by atoms with van der Waals surface area (Å²) in [5.74, 6) is -0.310. The monoisotopic (exact) mass is 368 g/mol. The fourth-order valence-corrected chi connectivity index (χ4v) is 4.09. The number of para-hydroxylation sites is 1. The zero-order valence-corrected chi connectivity index (χ0v) is 15.6. The molecule has 0 fully saturated rings. The molecule has 0 saturated carbocycles. The lowest BCUT2D eigenvalue weighted by Crippen LogP contribution is -2.30. The van der Waals surface area contributed by atoms with Gasteiger partial charge in [0.05, 0.1) is 11.3 Å². The van der Waals surface area contributed by atoms with Crippen LogP contribution in [0.1, 0.15) is 45.9 Å². The lowest BCUT2D eigenvalue weighted by atomic mass is 9.90. The van der Waals surface area contributed by atoms with Crippen LogP contribution in [0.2, 0.25) is 0 Å². The third kappa shape index (κ3) is 3.94. The average molecular weight is 368 g/mol. The zero-order valence-electron chi connectivity index (χ0n) is 14.7. The van der Waals surface area contributed by atoms with Crippen LogP contribution < -0.4 is 5.32 Å². The van der Waals surface area contributed by atoms with E-state index in [9.17, 15) is 9.59 Å². The second-order valence-electron chi connectivity index (χ2n) is 6.60. The molecule has 0 spiro atoms. The molecule has 1 heterocycles. The quantitative estimate of drug-likeness (QED) is 0.829. The molecule has 26 heavy (non-hydrogen) atoms. The second kappa shape index (κ2) is 7.71. The smallest absolute Gasteiger partial charge is 0.349 e. The first-order valence-corrected chi connectivity index (χ1v) is 9.42. The number of hydrogen-bond acceptors (Lipinski definition) is 5. The molecule has 134 valence electrons. The van der Waals surface area contributed by atoms with Crippen molar-refractivity contribution in [3.8, 4) is 6.07 Å². The van der Waals surface area contributed by atoms with Crippen LogP contribution in [0.4, 0.5) is 5.69 Å². The summed E-state index contributed by atoms with van der Waals surface area (Å²) in [6.07, 6.45) is 2.17. The Hall–Kier alpha value is -2.65. The number of rotatable bonds is 4. The van der Waals surface area contributed by atoms with Crippen LogP contribution in [0.5, 0.6) is 0 Å². The topological polar surface area (TPSA) is 79.2 Å². The zero-order chi connectivity index (χ0) is 18.7. The van der Waals surface area contributed by atoms with Crippen LogP contribution in [0, 0.1) is 17.2 Å². The van der Waals surface area contributed by atoms with Gasteiger partial charge in [-0.3, -0.25) is 4.79 Å². The van der Waals surface area contributed by atoms with Crippen molar-refractivity contribution < 1.29 is 14.3 Å². The first-order chi connectivity index (χ1) is 12.5. The van der Waals surface area contributed by atoms with Crippen molar-refractivity contribution in [2.45, 2.75) is 39.2 Å². The molecule has 5 nitrogen and oxygen atoms in total. The summed E-state index contributed by atoms with van der Waals surface area (Å²) in [6, 6.07) is 10.6. The summed E-state index contributed by atoms with van der Waals surface area (Å²) in [7, 11) is 0. The van der Waals surface area contributed by atoms with Gasteiger partial charge in [-0.15, -0.1) is 11.3 Å². The van der Waals surface area contributed by atoms with E-state index >= 15 is 0 Å². The lowest BCUT2D eigenvalue weighted by molar-refractivity contribution is -0.123. The molecule has 0 aliphatic heterocycles. The minimum atomic E-state index is -0.952. The largest absolute Gasteiger partial charge is 0.448 e. The number of nitrogens with zero attached hydrogens (tertiary/aromatic N) is 1. The number of amides is 1. The van der Waals surface area contributed by atoms with Gasteiger partial charge in [0.15, 0.2) is 6.10 Å². The molecule has 1 aromatic heterocycles. The molecule has 1 aliphatic carbocycles. The van der Waals surface area contributed by atoms with Gasteiger partial charge >= 0.3 is 5.97 Å². The number of hydrogen-bond donors (Lipinski definition) is 1. The molecule has 0 unspecified atom stereocenters. The van der Waals surface area contributed by atoms with E-state index in [0.29, 0.717) is 22.0 Å². The van der Waals surface area contributed by atoms with E-state index < -0.39 is 18.0 Å². The minimum absolute atomic E-state index is 0.361. The molecule has 6 heteroatoms. The summed E-state index contributed by atoms with van der Waals surface area (Å²) < 4.78 is 5.33. The van der Waals surface area contributed by atoms with Crippen LogP contribution in [0.15, 0.2) is 30.3 Å². The molecule has 0 saturated heterocycles. The molecule has 3 rings (SSSR count). The Kier molecular flexibility index (Phi) is 5.38. The van der Waals surface area contributed by atoms with Gasteiger partial charge in [-0.1, -0.05) is 19.1 Å². The number of thiophene rings is 1. The van der Waals surface area contributed by atoms with E-state index in [0.717, 1.165) is 19.3 Å². The number of ether oxygens (including phenoxy) is 1. The van der Waals surface area contributed by atoms with Crippen molar-refractivity contribution in [2.24, 2.45) is 5.92 Å². The molecule has 2 aromatic rings. The average Bonchev–Trinajstić information content (AvgIpc) is 3.05. The fraction of sp³-hybridized carbons (Fsp3) is 0.350. The van der Waals surface area contributed by atoms with Crippen LogP contribution >= 0.6 is 11.3 Å². The van der Waals surface area contributed by atoms with Crippen LogP contribution in [0.3, 0.4) is 0 Å². The number of carbonyl (C=O) groups excluding carboxylic acids is 2. The van der Waals surface area contributed by atoms with Gasteiger partial charge in [0.25, 0.3) is 5.91 Å². The maximum Gasteiger partial charge on any atom is 0.349 e. The van der Waals surface area contributed by atoms with Crippen molar-refractivity contribution in [2.75, 3.05) is 5.32 Å².